The number of nitrogen functional groups attached to an aromatic ring is 1. The fourth-order valence-corrected chi connectivity index (χ4v) is 4.75. The van der Waals surface area contributed by atoms with Gasteiger partial charge in [0.1, 0.15) is 23.7 Å². The highest BCUT2D eigenvalue weighted by Crippen LogP contribution is 2.59. The molecule has 0 radical (unpaired) electrons. The summed E-state index contributed by atoms with van der Waals surface area (Å²) in [6.07, 6.45) is 5.22. The summed E-state index contributed by atoms with van der Waals surface area (Å²) in [5, 5.41) is 3.96. The molecule has 5 rings (SSSR count). The molecule has 2 aliphatic rings. The molecule has 0 amide bonds. The first-order valence-electron chi connectivity index (χ1n) is 10.5. The Morgan fingerprint density at radius 3 is 2.84 bits per heavy atom. The third kappa shape index (κ3) is 4.00. The highest BCUT2D eigenvalue weighted by Gasteiger charge is 2.54. The second kappa shape index (κ2) is 7.80. The van der Waals surface area contributed by atoms with E-state index in [-0.39, 0.29) is 5.02 Å². The Kier molecular flexibility index (Phi) is 5.10. The number of likely N-dealkylation sites (tertiary alicyclic amines) is 1. The number of halogens is 2. The van der Waals surface area contributed by atoms with Crippen molar-refractivity contribution in [3.63, 3.8) is 0 Å². The van der Waals surface area contributed by atoms with Gasteiger partial charge in [-0.15, -0.1) is 0 Å². The fourth-order valence-electron chi connectivity index (χ4n) is 4.57. The van der Waals surface area contributed by atoms with Crippen LogP contribution in [-0.4, -0.2) is 41.6 Å². The Hall–Kier alpha value is -2.64. The summed E-state index contributed by atoms with van der Waals surface area (Å²) < 4.78 is 19.6. The predicted molar refractivity (Wildman–Crippen MR) is 121 cm³/mol. The molecule has 8 heteroatoms. The van der Waals surface area contributed by atoms with Crippen molar-refractivity contribution in [2.75, 3.05) is 37.8 Å². The van der Waals surface area contributed by atoms with Crippen molar-refractivity contribution in [1.29, 1.82) is 0 Å². The monoisotopic (exact) mass is 441 g/mol. The van der Waals surface area contributed by atoms with Crippen molar-refractivity contribution in [2.24, 2.45) is 11.3 Å². The van der Waals surface area contributed by atoms with Crippen LogP contribution in [0.4, 0.5) is 21.6 Å². The molecular weight excluding hydrogens is 417 g/mol. The van der Waals surface area contributed by atoms with Crippen LogP contribution in [0.2, 0.25) is 5.02 Å². The van der Waals surface area contributed by atoms with Crippen LogP contribution in [0.25, 0.3) is 10.9 Å². The molecule has 1 spiro atoms. The number of benzene rings is 2. The van der Waals surface area contributed by atoms with Gasteiger partial charge in [0.2, 0.25) is 0 Å². The van der Waals surface area contributed by atoms with Crippen LogP contribution < -0.4 is 15.8 Å². The van der Waals surface area contributed by atoms with Crippen molar-refractivity contribution in [3.05, 3.63) is 47.5 Å². The number of rotatable bonds is 5. The van der Waals surface area contributed by atoms with Crippen molar-refractivity contribution < 1.29 is 9.13 Å². The second-order valence-electron chi connectivity index (χ2n) is 8.76. The van der Waals surface area contributed by atoms with Crippen LogP contribution in [0.3, 0.4) is 0 Å². The Bertz CT molecular complexity index is 1130. The SMILES string of the molecule is CN1CCC2(CC1)CC2COc1cc2ncnc(Nc3ccc(F)c(Cl)c3)c2cc1N. The van der Waals surface area contributed by atoms with Crippen molar-refractivity contribution >= 4 is 39.7 Å². The largest absolute Gasteiger partial charge is 0.491 e. The van der Waals surface area contributed by atoms with Crippen molar-refractivity contribution in [3.8, 4) is 5.75 Å². The smallest absolute Gasteiger partial charge is 0.144 e. The maximum atomic E-state index is 13.4. The molecule has 31 heavy (non-hydrogen) atoms. The zero-order chi connectivity index (χ0) is 21.6. The lowest BCUT2D eigenvalue weighted by atomic mass is 9.91. The average molecular weight is 442 g/mol. The van der Waals surface area contributed by atoms with Gasteiger partial charge in [-0.1, -0.05) is 11.6 Å². The minimum absolute atomic E-state index is 0.0426. The van der Waals surface area contributed by atoms with Crippen LogP contribution in [0.15, 0.2) is 36.7 Å². The highest BCUT2D eigenvalue weighted by atomic mass is 35.5. The van der Waals surface area contributed by atoms with Gasteiger partial charge in [0.05, 0.1) is 22.8 Å². The van der Waals surface area contributed by atoms with Gasteiger partial charge in [-0.2, -0.15) is 0 Å². The molecule has 0 bridgehead atoms. The number of piperidine rings is 1. The van der Waals surface area contributed by atoms with Crippen LogP contribution in [0.5, 0.6) is 5.75 Å². The molecule has 1 saturated heterocycles. The van der Waals surface area contributed by atoms with E-state index in [2.05, 4.69) is 27.2 Å². The van der Waals surface area contributed by atoms with Gasteiger partial charge in [0.15, 0.2) is 0 Å². The van der Waals surface area contributed by atoms with E-state index < -0.39 is 5.82 Å². The number of hydrogen-bond donors (Lipinski definition) is 2. The molecule has 1 atom stereocenters. The molecule has 162 valence electrons. The molecule has 3 N–H and O–H groups in total. The normalized spacial score (nSPS) is 20.2. The first-order chi connectivity index (χ1) is 14.9. The minimum atomic E-state index is -0.469. The standard InChI is InChI=1S/C23H25ClFN5O/c1-30-6-4-23(5-7-30)11-14(23)12-31-21-10-20-16(9-19(21)26)22(28-13-27-20)29-15-2-3-18(25)17(24)8-15/h2-3,8-10,13-14H,4-7,11-12,26H2,1H3,(H,27,28,29). The first-order valence-corrected chi connectivity index (χ1v) is 10.9. The van der Waals surface area contributed by atoms with E-state index in [0.717, 1.165) is 10.9 Å². The average Bonchev–Trinajstić information content (AvgIpc) is 3.44. The number of nitrogens with two attached hydrogens (primary N) is 1. The Labute approximate surface area is 185 Å². The van der Waals surface area contributed by atoms with E-state index in [1.54, 1.807) is 6.07 Å². The number of anilines is 3. The van der Waals surface area contributed by atoms with Gasteiger partial charge in [-0.25, -0.2) is 14.4 Å². The van der Waals surface area contributed by atoms with Gasteiger partial charge >= 0.3 is 0 Å². The topological polar surface area (TPSA) is 76.3 Å². The first kappa shape index (κ1) is 20.3. The summed E-state index contributed by atoms with van der Waals surface area (Å²) >= 11 is 5.88. The zero-order valence-electron chi connectivity index (χ0n) is 17.4. The maximum Gasteiger partial charge on any atom is 0.144 e. The number of hydrogen-bond acceptors (Lipinski definition) is 6. The van der Waals surface area contributed by atoms with Gasteiger partial charge in [-0.3, -0.25) is 0 Å². The number of ether oxygens (including phenoxy) is 1. The molecule has 1 aliphatic heterocycles. The second-order valence-corrected chi connectivity index (χ2v) is 9.17. The van der Waals surface area contributed by atoms with E-state index >= 15 is 0 Å². The summed E-state index contributed by atoms with van der Waals surface area (Å²) in [6, 6.07) is 8.10. The van der Waals surface area contributed by atoms with E-state index in [4.69, 9.17) is 22.1 Å². The summed E-state index contributed by atoms with van der Waals surface area (Å²) in [7, 11) is 2.19. The van der Waals surface area contributed by atoms with E-state index in [0.29, 0.717) is 40.9 Å². The van der Waals surface area contributed by atoms with Gasteiger partial charge in [0, 0.05) is 17.1 Å². The minimum Gasteiger partial charge on any atom is -0.491 e. The Balaban J connectivity index is 1.32. The zero-order valence-corrected chi connectivity index (χ0v) is 18.1. The fraction of sp³-hybridized carbons (Fsp3) is 0.391. The molecule has 2 aromatic carbocycles. The number of aromatic nitrogens is 2. The molecule has 2 fully saturated rings. The number of nitrogens with zero attached hydrogens (tertiary/aromatic N) is 3. The van der Waals surface area contributed by atoms with E-state index in [1.165, 1.54) is 50.8 Å². The predicted octanol–water partition coefficient (Wildman–Crippen LogP) is 4.86. The lowest BCUT2D eigenvalue weighted by Crippen LogP contribution is -2.32. The molecule has 2 heterocycles. The lowest BCUT2D eigenvalue weighted by molar-refractivity contribution is 0.175. The lowest BCUT2D eigenvalue weighted by Gasteiger charge is -2.30. The molecule has 3 aromatic rings. The Morgan fingerprint density at radius 2 is 2.06 bits per heavy atom. The molecule has 1 saturated carbocycles. The van der Waals surface area contributed by atoms with Gasteiger partial charge < -0.3 is 20.7 Å². The summed E-state index contributed by atoms with van der Waals surface area (Å²) in [5.41, 5.74) is 8.66. The van der Waals surface area contributed by atoms with Crippen LogP contribution in [0.1, 0.15) is 19.3 Å². The van der Waals surface area contributed by atoms with E-state index in [1.807, 2.05) is 12.1 Å². The molecule has 6 nitrogen and oxygen atoms in total. The van der Waals surface area contributed by atoms with E-state index in [9.17, 15) is 4.39 Å². The molecule has 1 unspecified atom stereocenters. The van der Waals surface area contributed by atoms with Crippen LogP contribution in [-0.2, 0) is 0 Å². The summed E-state index contributed by atoms with van der Waals surface area (Å²) in [5.74, 6) is 1.35. The third-order valence-corrected chi connectivity index (χ3v) is 7.02. The maximum absolute atomic E-state index is 13.4. The third-order valence-electron chi connectivity index (χ3n) is 6.73. The quantitative estimate of drug-likeness (QED) is 0.551. The highest BCUT2D eigenvalue weighted by molar-refractivity contribution is 6.31. The van der Waals surface area contributed by atoms with Crippen molar-refractivity contribution in [1.82, 2.24) is 14.9 Å². The van der Waals surface area contributed by atoms with Crippen LogP contribution in [0, 0.1) is 17.2 Å². The van der Waals surface area contributed by atoms with Crippen LogP contribution >= 0.6 is 11.6 Å². The molecule has 1 aromatic heterocycles. The van der Waals surface area contributed by atoms with Gasteiger partial charge in [-0.05, 0) is 75.0 Å². The Morgan fingerprint density at radius 1 is 1.26 bits per heavy atom. The summed E-state index contributed by atoms with van der Waals surface area (Å²) in [6.45, 7) is 3.02. The van der Waals surface area contributed by atoms with Gasteiger partial charge in [0.25, 0.3) is 0 Å². The molecule has 1 aliphatic carbocycles. The number of fused-ring (bicyclic) bond motifs is 1. The number of nitrogens with one attached hydrogen (secondary N) is 1. The summed E-state index contributed by atoms with van der Waals surface area (Å²) in [4.78, 5) is 11.1. The molecular formula is C23H25ClFN5O. The van der Waals surface area contributed by atoms with Crippen molar-refractivity contribution in [2.45, 2.75) is 19.3 Å².